The molecule has 7 rings (SSSR count). The van der Waals surface area contributed by atoms with E-state index in [9.17, 15) is 55.9 Å². The molecule has 2 heterocycles. The van der Waals surface area contributed by atoms with E-state index in [1.807, 2.05) is 0 Å². The first-order valence-electron chi connectivity index (χ1n) is 21.3. The average molecular weight is 815 g/mol. The number of carboxylic acid groups (broad SMARTS) is 1. The molecule has 15 nitrogen and oxygen atoms in total. The van der Waals surface area contributed by atoms with Crippen molar-refractivity contribution in [2.75, 3.05) is 13.2 Å². The molecule has 0 aromatic carbocycles. The lowest BCUT2D eigenvalue weighted by Crippen LogP contribution is -2.71. The Morgan fingerprint density at radius 3 is 1.89 bits per heavy atom. The highest BCUT2D eigenvalue weighted by molar-refractivity contribution is 5.76. The summed E-state index contributed by atoms with van der Waals surface area (Å²) in [6.07, 6.45) is -11.9. The number of carboxylic acids is 1. The van der Waals surface area contributed by atoms with Crippen LogP contribution in [0.1, 0.15) is 106 Å². The monoisotopic (exact) mass is 814 g/mol. The second-order valence-electron chi connectivity index (χ2n) is 21.4. The van der Waals surface area contributed by atoms with Crippen molar-refractivity contribution in [2.45, 2.75) is 186 Å². The number of ether oxygens (including phenoxy) is 4. The van der Waals surface area contributed by atoms with Crippen LogP contribution >= 0.6 is 0 Å². The van der Waals surface area contributed by atoms with Gasteiger partial charge in [0.05, 0.1) is 36.9 Å². The van der Waals surface area contributed by atoms with Crippen LogP contribution in [0.2, 0.25) is 0 Å². The highest BCUT2D eigenvalue weighted by atomic mass is 16.7. The number of fused-ring (bicyclic) bond motifs is 7. The molecule has 7 aliphatic rings. The number of hydrogen-bond donors (Lipinski definition) is 10. The van der Waals surface area contributed by atoms with Crippen molar-refractivity contribution < 1.29 is 74.8 Å². The maximum Gasteiger partial charge on any atom is 0.312 e. The van der Waals surface area contributed by atoms with Crippen LogP contribution in [0.4, 0.5) is 0 Å². The van der Waals surface area contributed by atoms with E-state index >= 15 is 0 Å². The van der Waals surface area contributed by atoms with Crippen molar-refractivity contribution in [2.24, 2.45) is 56.2 Å². The minimum Gasteiger partial charge on any atom is -0.481 e. The van der Waals surface area contributed by atoms with Gasteiger partial charge in [0.25, 0.3) is 0 Å². The zero-order valence-corrected chi connectivity index (χ0v) is 34.6. The summed E-state index contributed by atoms with van der Waals surface area (Å²) in [4.78, 5) is 13.1. The lowest BCUT2D eigenvalue weighted by molar-refractivity contribution is -0.370. The number of hydrogen-bond acceptors (Lipinski definition) is 14. The molecule has 10 N–H and O–H groups in total. The van der Waals surface area contributed by atoms with E-state index in [-0.39, 0.29) is 45.3 Å². The van der Waals surface area contributed by atoms with Crippen molar-refractivity contribution in [3.63, 3.8) is 0 Å². The molecule has 21 atom stereocenters. The Morgan fingerprint density at radius 2 is 1.26 bits per heavy atom. The molecule has 2 aliphatic heterocycles. The molecule has 1 unspecified atom stereocenters. The fraction of sp³-hybridized carbons (Fsp3) is 0.976. The molecule has 328 valence electrons. The molecule has 0 radical (unpaired) electrons. The Kier molecular flexibility index (Phi) is 11.4. The number of carbonyl (C=O) groups is 1. The molecule has 7 fully saturated rings. The molecule has 15 heteroatoms. The Morgan fingerprint density at radius 1 is 0.649 bits per heavy atom. The van der Waals surface area contributed by atoms with Gasteiger partial charge in [-0.15, -0.1) is 0 Å². The highest BCUT2D eigenvalue weighted by Crippen LogP contribution is 2.77. The van der Waals surface area contributed by atoms with Gasteiger partial charge in [-0.25, -0.2) is 0 Å². The summed E-state index contributed by atoms with van der Waals surface area (Å²) in [5, 5.41) is 108. The Labute approximate surface area is 335 Å². The minimum atomic E-state index is -1.78. The van der Waals surface area contributed by atoms with E-state index in [0.717, 1.165) is 19.3 Å². The summed E-state index contributed by atoms with van der Waals surface area (Å²) in [6, 6.07) is 0. The summed E-state index contributed by atoms with van der Waals surface area (Å²) in [6.45, 7) is 14.0. The topological polar surface area (TPSA) is 256 Å². The number of aliphatic hydroxyl groups excluding tert-OH is 9. The molecule has 2 saturated heterocycles. The lowest BCUT2D eigenvalue weighted by atomic mass is 9.31. The summed E-state index contributed by atoms with van der Waals surface area (Å²) in [5.74, 6) is -0.975. The van der Waals surface area contributed by atoms with Gasteiger partial charge in [0, 0.05) is 0 Å². The van der Waals surface area contributed by atoms with Crippen molar-refractivity contribution in [3.8, 4) is 0 Å². The molecule has 0 spiro atoms. The summed E-state index contributed by atoms with van der Waals surface area (Å²) in [7, 11) is 0. The third kappa shape index (κ3) is 6.42. The SMILES string of the molecule is CC1(C)C[C@H](O)[C@]2(C(=O)O)CC[C@]3(C)C(CC[C@@H]4[C@@]5(C)CC[C@H](O[C@@H]6O[C@H](CO)[C@@H](O[C@@H]7O[C@H](CO)[C@@H](O)[C@H](O)[C@H]7O)[C@H](O)[C@H]6O)C(C)(C)[C@@H]5[C@H](O)C[C@]43C)[C@@H]2C1. The molecule has 57 heavy (non-hydrogen) atoms. The number of rotatable bonds is 7. The van der Waals surface area contributed by atoms with E-state index in [1.165, 1.54) is 0 Å². The van der Waals surface area contributed by atoms with Gasteiger partial charge in [-0.2, -0.15) is 0 Å². The Hall–Kier alpha value is -1.05. The zero-order chi connectivity index (χ0) is 42.0. The van der Waals surface area contributed by atoms with Crippen LogP contribution in [-0.4, -0.2) is 150 Å². The van der Waals surface area contributed by atoms with Gasteiger partial charge in [0.2, 0.25) is 0 Å². The van der Waals surface area contributed by atoms with Crippen molar-refractivity contribution in [3.05, 3.63) is 0 Å². The Bertz CT molecular complexity index is 1490. The van der Waals surface area contributed by atoms with Gasteiger partial charge in [0.1, 0.15) is 48.8 Å². The second-order valence-corrected chi connectivity index (χ2v) is 21.4. The molecule has 0 aromatic heterocycles. The second kappa shape index (κ2) is 14.8. The molecule has 0 amide bonds. The van der Waals surface area contributed by atoms with Crippen molar-refractivity contribution >= 4 is 5.97 Å². The predicted molar refractivity (Wildman–Crippen MR) is 201 cm³/mol. The minimum absolute atomic E-state index is 0.0854. The first-order chi connectivity index (χ1) is 26.4. The summed E-state index contributed by atoms with van der Waals surface area (Å²) < 4.78 is 23.8. The number of aliphatic hydroxyl groups is 9. The molecule has 0 aromatic rings. The predicted octanol–water partition coefficient (Wildman–Crippen LogP) is 0.904. The maximum atomic E-state index is 13.1. The maximum absolute atomic E-state index is 13.1. The highest BCUT2D eigenvalue weighted by Gasteiger charge is 2.74. The van der Waals surface area contributed by atoms with E-state index < -0.39 is 110 Å². The van der Waals surface area contributed by atoms with Crippen LogP contribution in [0.25, 0.3) is 0 Å². The molecule has 0 bridgehead atoms. The zero-order valence-electron chi connectivity index (χ0n) is 34.6. The van der Waals surface area contributed by atoms with Crippen molar-refractivity contribution in [1.29, 1.82) is 0 Å². The molecular weight excluding hydrogens is 744 g/mol. The Balaban J connectivity index is 1.10. The average Bonchev–Trinajstić information content (AvgIpc) is 3.11. The van der Waals surface area contributed by atoms with Gasteiger partial charge in [0.15, 0.2) is 12.6 Å². The summed E-state index contributed by atoms with van der Waals surface area (Å²) >= 11 is 0. The van der Waals surface area contributed by atoms with Crippen LogP contribution in [0, 0.1) is 56.2 Å². The third-order valence-electron chi connectivity index (χ3n) is 17.7. The van der Waals surface area contributed by atoms with Crippen LogP contribution in [-0.2, 0) is 23.7 Å². The first kappa shape index (κ1) is 44.0. The normalized spacial score (nSPS) is 55.8. The quantitative estimate of drug-likeness (QED) is 0.160. The van der Waals surface area contributed by atoms with E-state index in [1.54, 1.807) is 0 Å². The van der Waals surface area contributed by atoms with Gasteiger partial charge in [-0.05, 0) is 109 Å². The van der Waals surface area contributed by atoms with Crippen LogP contribution in [0.3, 0.4) is 0 Å². The molecule has 5 saturated carbocycles. The first-order valence-corrected chi connectivity index (χ1v) is 21.3. The fourth-order valence-corrected chi connectivity index (χ4v) is 14.9. The standard InChI is InChI=1S/C42H70O15/c1-37(2)14-20-19-8-9-24-39(5)11-10-26(38(3,4)33(39)21(45)15-41(24,7)40(19,6)12-13-42(20,36(52)53)25(46)16-37)56-34-31(51)29(49)32(23(18-44)55-34)57-35-30(50)28(48)27(47)22(17-43)54-35/h19-35,43-51H,8-18H2,1-7H3,(H,52,53)/t19?,20-,21+,22+,23+,24+,25-,26-,27+,28-,29+,30+,31+,32+,33-,34-,35-,39+,40+,41+,42-/m0/s1. The van der Waals surface area contributed by atoms with Gasteiger partial charge < -0.3 is 70.0 Å². The molecular formula is C42H70O15. The van der Waals surface area contributed by atoms with Crippen LogP contribution in [0.5, 0.6) is 0 Å². The smallest absolute Gasteiger partial charge is 0.312 e. The third-order valence-corrected chi connectivity index (χ3v) is 17.7. The van der Waals surface area contributed by atoms with Crippen LogP contribution in [0.15, 0.2) is 0 Å². The van der Waals surface area contributed by atoms with E-state index in [4.69, 9.17) is 18.9 Å². The fourth-order valence-electron chi connectivity index (χ4n) is 14.9. The van der Waals surface area contributed by atoms with Gasteiger partial charge in [-0.3, -0.25) is 4.79 Å². The van der Waals surface area contributed by atoms with Gasteiger partial charge >= 0.3 is 5.97 Å². The largest absolute Gasteiger partial charge is 0.481 e. The number of aliphatic carboxylic acids is 1. The summed E-state index contributed by atoms with van der Waals surface area (Å²) in [5.41, 5.74) is -2.89. The van der Waals surface area contributed by atoms with E-state index in [0.29, 0.717) is 38.5 Å². The lowest BCUT2D eigenvalue weighted by Gasteiger charge is -2.74. The van der Waals surface area contributed by atoms with E-state index in [2.05, 4.69) is 48.5 Å². The molecule has 5 aliphatic carbocycles. The van der Waals surface area contributed by atoms with Crippen LogP contribution < -0.4 is 0 Å². The van der Waals surface area contributed by atoms with Crippen molar-refractivity contribution in [1.82, 2.24) is 0 Å². The van der Waals surface area contributed by atoms with Gasteiger partial charge in [-0.1, -0.05) is 48.5 Å².